The third kappa shape index (κ3) is 3.70. The van der Waals surface area contributed by atoms with E-state index in [9.17, 15) is 8.42 Å². The van der Waals surface area contributed by atoms with E-state index in [2.05, 4.69) is 0 Å². The Labute approximate surface area is 123 Å². The van der Waals surface area contributed by atoms with E-state index in [4.69, 9.17) is 16.3 Å². The zero-order valence-corrected chi connectivity index (χ0v) is 13.2. The molecule has 1 aromatic rings. The first-order valence-corrected chi connectivity index (χ1v) is 9.07. The van der Waals surface area contributed by atoms with Crippen LogP contribution >= 0.6 is 22.9 Å². The second-order valence-corrected chi connectivity index (χ2v) is 8.03. The maximum atomic E-state index is 12.4. The number of alkyl halides is 1. The van der Waals surface area contributed by atoms with Gasteiger partial charge < -0.3 is 4.74 Å². The van der Waals surface area contributed by atoms with Crippen LogP contribution in [0.4, 0.5) is 0 Å². The van der Waals surface area contributed by atoms with Gasteiger partial charge in [-0.1, -0.05) is 0 Å². The van der Waals surface area contributed by atoms with Crippen LogP contribution in [0.1, 0.15) is 17.7 Å². The molecule has 0 unspecified atom stereocenters. The molecule has 1 fully saturated rings. The van der Waals surface area contributed by atoms with Gasteiger partial charge in [-0.3, -0.25) is 0 Å². The molecular weight excluding hydrogens is 306 g/mol. The Morgan fingerprint density at radius 3 is 2.74 bits per heavy atom. The summed E-state index contributed by atoms with van der Waals surface area (Å²) in [5, 5.41) is 1.66. The van der Waals surface area contributed by atoms with Crippen molar-refractivity contribution < 1.29 is 13.2 Å². The summed E-state index contributed by atoms with van der Waals surface area (Å²) >= 11 is 7.10. The molecule has 0 saturated carbocycles. The smallest absolute Gasteiger partial charge is 0.243 e. The summed E-state index contributed by atoms with van der Waals surface area (Å²) in [4.78, 5) is 1.22. The molecule has 0 aromatic carbocycles. The van der Waals surface area contributed by atoms with Gasteiger partial charge in [0.25, 0.3) is 0 Å². The van der Waals surface area contributed by atoms with Crippen molar-refractivity contribution >= 4 is 33.0 Å². The molecule has 0 atom stereocenters. The Balaban J connectivity index is 2.05. The predicted molar refractivity (Wildman–Crippen MR) is 77.2 cm³/mol. The second kappa shape index (κ2) is 6.54. The van der Waals surface area contributed by atoms with Gasteiger partial charge in [-0.15, -0.1) is 22.9 Å². The van der Waals surface area contributed by atoms with Gasteiger partial charge in [0.2, 0.25) is 10.0 Å². The van der Waals surface area contributed by atoms with Gasteiger partial charge in [0.15, 0.2) is 0 Å². The predicted octanol–water partition coefficient (Wildman–Crippen LogP) is 2.53. The van der Waals surface area contributed by atoms with Gasteiger partial charge in [0.1, 0.15) is 0 Å². The first-order chi connectivity index (χ1) is 9.04. The molecule has 19 heavy (non-hydrogen) atoms. The molecular formula is C12H18ClNO3S2. The quantitative estimate of drug-likeness (QED) is 0.782. The summed E-state index contributed by atoms with van der Waals surface area (Å²) in [6.07, 6.45) is 1.85. The van der Waals surface area contributed by atoms with Crippen LogP contribution in [0, 0.1) is 5.92 Å². The molecule has 0 spiro atoms. The highest BCUT2D eigenvalue weighted by atomic mass is 35.5. The monoisotopic (exact) mass is 323 g/mol. The van der Waals surface area contributed by atoms with Crippen LogP contribution in [0.2, 0.25) is 0 Å². The molecule has 2 heterocycles. The maximum Gasteiger partial charge on any atom is 0.243 e. The molecule has 0 radical (unpaired) electrons. The Morgan fingerprint density at radius 1 is 1.47 bits per heavy atom. The topological polar surface area (TPSA) is 46.6 Å². The van der Waals surface area contributed by atoms with E-state index in [1.807, 2.05) is 0 Å². The average Bonchev–Trinajstić information content (AvgIpc) is 2.89. The summed E-state index contributed by atoms with van der Waals surface area (Å²) in [5.41, 5.74) is 0. The number of rotatable bonds is 5. The van der Waals surface area contributed by atoms with Crippen LogP contribution in [-0.4, -0.2) is 39.5 Å². The van der Waals surface area contributed by atoms with Gasteiger partial charge >= 0.3 is 0 Å². The molecule has 0 amide bonds. The Kier molecular flexibility index (Phi) is 5.25. The van der Waals surface area contributed by atoms with Gasteiger partial charge in [-0.05, 0) is 24.8 Å². The summed E-state index contributed by atoms with van der Waals surface area (Å²) in [5.74, 6) is 0.740. The van der Waals surface area contributed by atoms with E-state index in [0.29, 0.717) is 23.2 Å². The number of nitrogens with zero attached hydrogens (tertiary/aromatic N) is 1. The molecule has 0 aliphatic carbocycles. The maximum absolute atomic E-state index is 12.4. The SMILES string of the molecule is CN(CC1CCOCC1)S(=O)(=O)c1csc(CCl)c1. The normalized spacial score (nSPS) is 18.1. The number of sulfonamides is 1. The number of halogens is 1. The highest BCUT2D eigenvalue weighted by molar-refractivity contribution is 7.89. The molecule has 1 aliphatic heterocycles. The number of ether oxygens (including phenoxy) is 1. The average molecular weight is 324 g/mol. The minimum Gasteiger partial charge on any atom is -0.381 e. The Hall–Kier alpha value is -0.140. The minimum absolute atomic E-state index is 0.350. The fourth-order valence-corrected chi connectivity index (χ4v) is 4.76. The van der Waals surface area contributed by atoms with Crippen molar-refractivity contribution in [2.24, 2.45) is 5.92 Å². The van der Waals surface area contributed by atoms with Crippen LogP contribution in [0.3, 0.4) is 0 Å². The van der Waals surface area contributed by atoms with Crippen LogP contribution in [0.15, 0.2) is 16.3 Å². The largest absolute Gasteiger partial charge is 0.381 e. The molecule has 0 N–H and O–H groups in total. The highest BCUT2D eigenvalue weighted by Gasteiger charge is 2.25. The molecule has 4 nitrogen and oxygen atoms in total. The summed E-state index contributed by atoms with van der Waals surface area (Å²) in [6, 6.07) is 1.66. The van der Waals surface area contributed by atoms with Crippen molar-refractivity contribution in [1.29, 1.82) is 0 Å². The van der Waals surface area contributed by atoms with Gasteiger partial charge in [0.05, 0.1) is 10.8 Å². The number of hydrogen-bond acceptors (Lipinski definition) is 4. The van der Waals surface area contributed by atoms with Crippen molar-refractivity contribution in [3.05, 3.63) is 16.3 Å². The standard InChI is InChI=1S/C12H18ClNO3S2/c1-14(8-10-2-4-17-5-3-10)19(15,16)12-6-11(7-13)18-9-12/h6,9-10H,2-5,7-8H2,1H3. The van der Waals surface area contributed by atoms with Crippen molar-refractivity contribution in [2.75, 3.05) is 26.8 Å². The summed E-state index contributed by atoms with van der Waals surface area (Å²) in [7, 11) is -1.74. The first kappa shape index (κ1) is 15.3. The van der Waals surface area contributed by atoms with Crippen LogP contribution < -0.4 is 0 Å². The molecule has 0 bridgehead atoms. The van der Waals surface area contributed by atoms with Crippen molar-refractivity contribution in [2.45, 2.75) is 23.6 Å². The van der Waals surface area contributed by atoms with E-state index >= 15 is 0 Å². The van der Waals surface area contributed by atoms with Crippen molar-refractivity contribution in [1.82, 2.24) is 4.31 Å². The van der Waals surface area contributed by atoms with Crippen LogP contribution in [-0.2, 0) is 20.6 Å². The summed E-state index contributed by atoms with van der Waals surface area (Å²) < 4.78 is 31.5. The molecule has 2 rings (SSSR count). The Bertz CT molecular complexity index is 509. The highest BCUT2D eigenvalue weighted by Crippen LogP contribution is 2.25. The third-order valence-corrected chi connectivity index (χ3v) is 6.66. The summed E-state index contributed by atoms with van der Waals surface area (Å²) in [6.45, 7) is 2.01. The van der Waals surface area contributed by atoms with E-state index in [1.165, 1.54) is 15.6 Å². The van der Waals surface area contributed by atoms with E-state index in [0.717, 1.165) is 30.9 Å². The van der Waals surface area contributed by atoms with Crippen LogP contribution in [0.5, 0.6) is 0 Å². The second-order valence-electron chi connectivity index (χ2n) is 4.72. The van der Waals surface area contributed by atoms with E-state index in [1.54, 1.807) is 18.5 Å². The lowest BCUT2D eigenvalue weighted by atomic mass is 10.0. The third-order valence-electron chi connectivity index (χ3n) is 3.33. The minimum atomic E-state index is -3.38. The van der Waals surface area contributed by atoms with Gasteiger partial charge in [0, 0.05) is 37.1 Å². The van der Waals surface area contributed by atoms with Gasteiger partial charge in [-0.25, -0.2) is 12.7 Å². The lowest BCUT2D eigenvalue weighted by Gasteiger charge is -2.26. The first-order valence-electron chi connectivity index (χ1n) is 6.21. The molecule has 1 saturated heterocycles. The molecule has 1 aromatic heterocycles. The molecule has 108 valence electrons. The van der Waals surface area contributed by atoms with Crippen molar-refractivity contribution in [3.63, 3.8) is 0 Å². The lowest BCUT2D eigenvalue weighted by Crippen LogP contribution is -2.34. The number of thiophene rings is 1. The van der Waals surface area contributed by atoms with E-state index in [-0.39, 0.29) is 0 Å². The number of hydrogen-bond donors (Lipinski definition) is 0. The van der Waals surface area contributed by atoms with E-state index < -0.39 is 10.0 Å². The molecule has 1 aliphatic rings. The van der Waals surface area contributed by atoms with Gasteiger partial charge in [-0.2, -0.15) is 0 Å². The lowest BCUT2D eigenvalue weighted by molar-refractivity contribution is 0.0620. The fourth-order valence-electron chi connectivity index (χ4n) is 2.14. The van der Waals surface area contributed by atoms with Crippen LogP contribution in [0.25, 0.3) is 0 Å². The Morgan fingerprint density at radius 2 is 2.16 bits per heavy atom. The fraction of sp³-hybridized carbons (Fsp3) is 0.667. The zero-order chi connectivity index (χ0) is 13.9. The zero-order valence-electron chi connectivity index (χ0n) is 10.8. The molecule has 7 heteroatoms. The van der Waals surface area contributed by atoms with Crippen molar-refractivity contribution in [3.8, 4) is 0 Å².